The SMILES string of the molecule is COc1ccc(Cl)cc1NC(=O)/C(C#N)=C/c1ccc(OC)c(OC)c1. The largest absolute Gasteiger partial charge is 0.495 e. The molecule has 2 aromatic rings. The Labute approximate surface area is 156 Å². The fourth-order valence-corrected chi connectivity index (χ4v) is 2.40. The Hall–Kier alpha value is -3.17. The number of methoxy groups -OCH3 is 3. The van der Waals surface area contributed by atoms with Gasteiger partial charge < -0.3 is 19.5 Å². The minimum Gasteiger partial charge on any atom is -0.495 e. The number of anilines is 1. The van der Waals surface area contributed by atoms with Crippen molar-refractivity contribution in [1.82, 2.24) is 0 Å². The molecule has 2 aromatic carbocycles. The monoisotopic (exact) mass is 372 g/mol. The van der Waals surface area contributed by atoms with Crippen molar-refractivity contribution in [3.05, 3.63) is 52.6 Å². The molecule has 134 valence electrons. The van der Waals surface area contributed by atoms with Gasteiger partial charge in [0.05, 0.1) is 27.0 Å². The van der Waals surface area contributed by atoms with Crippen LogP contribution in [0.5, 0.6) is 17.2 Å². The molecule has 0 aliphatic rings. The van der Waals surface area contributed by atoms with E-state index in [1.54, 1.807) is 36.4 Å². The summed E-state index contributed by atoms with van der Waals surface area (Å²) >= 11 is 5.95. The van der Waals surface area contributed by atoms with Crippen LogP contribution >= 0.6 is 11.6 Å². The highest BCUT2D eigenvalue weighted by molar-refractivity contribution is 6.31. The summed E-state index contributed by atoms with van der Waals surface area (Å²) in [5, 5.41) is 12.4. The number of rotatable bonds is 6. The number of nitrogens with zero attached hydrogens (tertiary/aromatic N) is 1. The number of carbonyl (C=O) groups excluding carboxylic acids is 1. The van der Waals surface area contributed by atoms with Gasteiger partial charge in [-0.3, -0.25) is 4.79 Å². The lowest BCUT2D eigenvalue weighted by molar-refractivity contribution is -0.112. The van der Waals surface area contributed by atoms with Gasteiger partial charge in [0.15, 0.2) is 11.5 Å². The van der Waals surface area contributed by atoms with E-state index < -0.39 is 5.91 Å². The first-order chi connectivity index (χ1) is 12.5. The van der Waals surface area contributed by atoms with Crippen LogP contribution in [0, 0.1) is 11.3 Å². The lowest BCUT2D eigenvalue weighted by Crippen LogP contribution is -2.14. The van der Waals surface area contributed by atoms with Crippen LogP contribution in [0.3, 0.4) is 0 Å². The molecular weight excluding hydrogens is 356 g/mol. The summed E-state index contributed by atoms with van der Waals surface area (Å²) < 4.78 is 15.6. The molecule has 0 fully saturated rings. The summed E-state index contributed by atoms with van der Waals surface area (Å²) in [6, 6.07) is 11.8. The van der Waals surface area contributed by atoms with Crippen molar-refractivity contribution >= 4 is 29.3 Å². The van der Waals surface area contributed by atoms with Crippen LogP contribution in [0.15, 0.2) is 42.0 Å². The molecule has 0 atom stereocenters. The molecule has 1 amide bonds. The Morgan fingerprint density at radius 1 is 1.04 bits per heavy atom. The van der Waals surface area contributed by atoms with Gasteiger partial charge in [-0.2, -0.15) is 5.26 Å². The van der Waals surface area contributed by atoms with E-state index >= 15 is 0 Å². The van der Waals surface area contributed by atoms with Gasteiger partial charge in [-0.25, -0.2) is 0 Å². The number of ether oxygens (including phenoxy) is 3. The average molecular weight is 373 g/mol. The quantitative estimate of drug-likeness (QED) is 0.614. The van der Waals surface area contributed by atoms with Gasteiger partial charge in [0.2, 0.25) is 0 Å². The lowest BCUT2D eigenvalue weighted by Gasteiger charge is -2.10. The van der Waals surface area contributed by atoms with E-state index in [9.17, 15) is 10.1 Å². The van der Waals surface area contributed by atoms with E-state index in [2.05, 4.69) is 5.32 Å². The molecule has 0 aliphatic carbocycles. The van der Waals surface area contributed by atoms with Crippen LogP contribution in [0.1, 0.15) is 5.56 Å². The maximum absolute atomic E-state index is 12.4. The molecule has 7 heteroatoms. The van der Waals surface area contributed by atoms with Gasteiger partial charge in [0, 0.05) is 5.02 Å². The molecule has 0 heterocycles. The number of nitriles is 1. The number of nitrogens with one attached hydrogen (secondary N) is 1. The molecule has 26 heavy (non-hydrogen) atoms. The number of hydrogen-bond donors (Lipinski definition) is 1. The Bertz CT molecular complexity index is 888. The molecule has 0 aliphatic heterocycles. The van der Waals surface area contributed by atoms with E-state index in [0.29, 0.717) is 33.5 Å². The molecular formula is C19H17ClN2O4. The molecule has 0 saturated carbocycles. The van der Waals surface area contributed by atoms with E-state index in [1.165, 1.54) is 27.4 Å². The van der Waals surface area contributed by atoms with Gasteiger partial charge in [-0.15, -0.1) is 0 Å². The molecule has 2 rings (SSSR count). The Morgan fingerprint density at radius 3 is 2.31 bits per heavy atom. The fourth-order valence-electron chi connectivity index (χ4n) is 2.23. The van der Waals surface area contributed by atoms with Crippen molar-refractivity contribution in [3.8, 4) is 23.3 Å². The molecule has 1 N–H and O–H groups in total. The fraction of sp³-hybridized carbons (Fsp3) is 0.158. The highest BCUT2D eigenvalue weighted by atomic mass is 35.5. The van der Waals surface area contributed by atoms with Gasteiger partial charge in [-0.1, -0.05) is 17.7 Å². The molecule has 0 spiro atoms. The first-order valence-electron chi connectivity index (χ1n) is 7.51. The lowest BCUT2D eigenvalue weighted by atomic mass is 10.1. The van der Waals surface area contributed by atoms with Gasteiger partial charge >= 0.3 is 0 Å². The van der Waals surface area contributed by atoms with Gasteiger partial charge in [0.1, 0.15) is 17.4 Å². The van der Waals surface area contributed by atoms with Crippen molar-refractivity contribution in [2.24, 2.45) is 0 Å². The predicted octanol–water partition coefficient (Wildman–Crippen LogP) is 3.91. The van der Waals surface area contributed by atoms with Crippen molar-refractivity contribution < 1.29 is 19.0 Å². The third kappa shape index (κ3) is 4.47. The van der Waals surface area contributed by atoms with Gasteiger partial charge in [-0.05, 0) is 42.0 Å². The van der Waals surface area contributed by atoms with Crippen LogP contribution in [-0.4, -0.2) is 27.2 Å². The first-order valence-corrected chi connectivity index (χ1v) is 7.89. The minimum atomic E-state index is -0.581. The Balaban J connectivity index is 2.31. The summed E-state index contributed by atoms with van der Waals surface area (Å²) in [4.78, 5) is 12.4. The summed E-state index contributed by atoms with van der Waals surface area (Å²) in [6.45, 7) is 0. The van der Waals surface area contributed by atoms with E-state index in [-0.39, 0.29) is 5.57 Å². The number of hydrogen-bond acceptors (Lipinski definition) is 5. The zero-order chi connectivity index (χ0) is 19.1. The van der Waals surface area contributed by atoms with E-state index in [4.69, 9.17) is 25.8 Å². The predicted molar refractivity (Wildman–Crippen MR) is 99.8 cm³/mol. The minimum absolute atomic E-state index is 0.0840. The summed E-state index contributed by atoms with van der Waals surface area (Å²) in [5.41, 5.74) is 0.908. The van der Waals surface area contributed by atoms with Crippen molar-refractivity contribution in [3.63, 3.8) is 0 Å². The maximum Gasteiger partial charge on any atom is 0.266 e. The van der Waals surface area contributed by atoms with Crippen LogP contribution < -0.4 is 19.5 Å². The molecule has 0 radical (unpaired) electrons. The topological polar surface area (TPSA) is 80.6 Å². The summed E-state index contributed by atoms with van der Waals surface area (Å²) in [6.07, 6.45) is 1.45. The third-order valence-electron chi connectivity index (χ3n) is 3.49. The van der Waals surface area contributed by atoms with Crippen molar-refractivity contribution in [2.75, 3.05) is 26.6 Å². The third-order valence-corrected chi connectivity index (χ3v) is 3.73. The second-order valence-corrected chi connectivity index (χ2v) is 5.52. The molecule has 0 bridgehead atoms. The number of amides is 1. The maximum atomic E-state index is 12.4. The Morgan fingerprint density at radius 2 is 1.69 bits per heavy atom. The zero-order valence-corrected chi connectivity index (χ0v) is 15.3. The van der Waals surface area contributed by atoms with Crippen LogP contribution in [0.4, 0.5) is 5.69 Å². The second-order valence-electron chi connectivity index (χ2n) is 5.08. The first kappa shape index (κ1) is 19.2. The molecule has 0 unspecified atom stereocenters. The number of carbonyl (C=O) groups is 1. The highest BCUT2D eigenvalue weighted by Gasteiger charge is 2.13. The zero-order valence-electron chi connectivity index (χ0n) is 14.5. The smallest absolute Gasteiger partial charge is 0.266 e. The van der Waals surface area contributed by atoms with Crippen LogP contribution in [0.25, 0.3) is 6.08 Å². The second kappa shape index (κ2) is 8.79. The van der Waals surface area contributed by atoms with Crippen molar-refractivity contribution in [1.29, 1.82) is 5.26 Å². The van der Waals surface area contributed by atoms with E-state index in [0.717, 1.165) is 0 Å². The summed E-state index contributed by atoms with van der Waals surface area (Å²) in [5.74, 6) is 0.903. The van der Waals surface area contributed by atoms with Crippen LogP contribution in [-0.2, 0) is 4.79 Å². The molecule has 6 nitrogen and oxygen atoms in total. The normalized spacial score (nSPS) is 10.7. The number of benzene rings is 2. The standard InChI is InChI=1S/C19H17ClN2O4/c1-24-16-7-5-14(20)10-15(16)22-19(23)13(11-21)8-12-4-6-17(25-2)18(9-12)26-3/h4-10H,1-3H3,(H,22,23)/b13-8+. The summed E-state index contributed by atoms with van der Waals surface area (Å²) in [7, 11) is 4.51. The van der Waals surface area contributed by atoms with E-state index in [1.807, 2.05) is 6.07 Å². The molecule has 0 aromatic heterocycles. The Kier molecular flexibility index (Phi) is 6.48. The average Bonchev–Trinajstić information content (AvgIpc) is 2.65. The van der Waals surface area contributed by atoms with Gasteiger partial charge in [0.25, 0.3) is 5.91 Å². The van der Waals surface area contributed by atoms with Crippen molar-refractivity contribution in [2.45, 2.75) is 0 Å². The molecule has 0 saturated heterocycles. The number of halogens is 1. The highest BCUT2D eigenvalue weighted by Crippen LogP contribution is 2.30. The van der Waals surface area contributed by atoms with Crippen LogP contribution in [0.2, 0.25) is 5.02 Å².